The average molecular weight is 236 g/mol. The fourth-order valence-corrected chi connectivity index (χ4v) is 4.66. The van der Waals surface area contributed by atoms with E-state index in [1.807, 2.05) is 0 Å². The summed E-state index contributed by atoms with van der Waals surface area (Å²) in [5, 5.41) is 3.82. The Bertz CT molecular complexity index is 246. The van der Waals surface area contributed by atoms with Crippen molar-refractivity contribution in [3.05, 3.63) is 0 Å². The SMILES string of the molecule is CCCC1(CN2CC3CCCC3C2)CCCN1. The number of likely N-dealkylation sites (tertiary alicyclic amines) is 1. The van der Waals surface area contributed by atoms with Gasteiger partial charge in [-0.2, -0.15) is 0 Å². The summed E-state index contributed by atoms with van der Waals surface area (Å²) in [6.07, 6.45) is 10.0. The normalized spacial score (nSPS) is 42.2. The largest absolute Gasteiger partial charge is 0.310 e. The number of nitrogens with one attached hydrogen (secondary N) is 1. The molecule has 0 bridgehead atoms. The van der Waals surface area contributed by atoms with Crippen molar-refractivity contribution in [2.45, 2.75) is 57.4 Å². The highest BCUT2D eigenvalue weighted by atomic mass is 15.2. The molecule has 1 N–H and O–H groups in total. The highest BCUT2D eigenvalue weighted by molar-refractivity contribution is 4.98. The van der Waals surface area contributed by atoms with E-state index >= 15 is 0 Å². The molecule has 0 radical (unpaired) electrons. The molecule has 1 aliphatic carbocycles. The Kier molecular flexibility index (Phi) is 3.45. The number of hydrogen-bond acceptors (Lipinski definition) is 2. The first-order chi connectivity index (χ1) is 8.31. The third-order valence-corrected chi connectivity index (χ3v) is 5.39. The minimum atomic E-state index is 0.480. The van der Waals surface area contributed by atoms with Crippen molar-refractivity contribution < 1.29 is 0 Å². The molecule has 0 spiro atoms. The molecule has 3 rings (SSSR count). The minimum absolute atomic E-state index is 0.480. The first kappa shape index (κ1) is 12.0. The number of nitrogens with zero attached hydrogens (tertiary/aromatic N) is 1. The van der Waals surface area contributed by atoms with Crippen LogP contribution in [0, 0.1) is 11.8 Å². The Balaban J connectivity index is 1.58. The Morgan fingerprint density at radius 1 is 1.18 bits per heavy atom. The van der Waals surface area contributed by atoms with Crippen LogP contribution in [0.3, 0.4) is 0 Å². The lowest BCUT2D eigenvalue weighted by Gasteiger charge is -2.34. The second kappa shape index (κ2) is 4.89. The molecule has 17 heavy (non-hydrogen) atoms. The van der Waals surface area contributed by atoms with Crippen LogP contribution in [0.15, 0.2) is 0 Å². The smallest absolute Gasteiger partial charge is 0.0309 e. The van der Waals surface area contributed by atoms with Crippen molar-refractivity contribution >= 4 is 0 Å². The van der Waals surface area contributed by atoms with E-state index in [1.54, 1.807) is 0 Å². The van der Waals surface area contributed by atoms with Crippen LogP contribution in [-0.4, -0.2) is 36.6 Å². The second-order valence-electron chi connectivity index (χ2n) is 6.71. The van der Waals surface area contributed by atoms with Crippen molar-refractivity contribution in [2.75, 3.05) is 26.2 Å². The van der Waals surface area contributed by atoms with Gasteiger partial charge >= 0.3 is 0 Å². The summed E-state index contributed by atoms with van der Waals surface area (Å²) >= 11 is 0. The van der Waals surface area contributed by atoms with E-state index in [0.717, 1.165) is 11.8 Å². The maximum absolute atomic E-state index is 3.82. The maximum Gasteiger partial charge on any atom is 0.0309 e. The van der Waals surface area contributed by atoms with Crippen LogP contribution in [0.2, 0.25) is 0 Å². The summed E-state index contributed by atoms with van der Waals surface area (Å²) in [6.45, 7) is 7.71. The molecule has 3 unspecified atom stereocenters. The molecule has 0 aromatic rings. The van der Waals surface area contributed by atoms with Gasteiger partial charge < -0.3 is 10.2 Å². The van der Waals surface area contributed by atoms with Crippen molar-refractivity contribution in [3.8, 4) is 0 Å². The number of rotatable bonds is 4. The molecule has 0 aromatic heterocycles. The maximum atomic E-state index is 3.82. The molecule has 3 fully saturated rings. The highest BCUT2D eigenvalue weighted by Crippen LogP contribution is 2.39. The molecule has 3 atom stereocenters. The summed E-state index contributed by atoms with van der Waals surface area (Å²) in [5.74, 6) is 2.10. The molecule has 0 amide bonds. The zero-order chi connectivity index (χ0) is 11.7. The zero-order valence-electron chi connectivity index (χ0n) is 11.4. The number of hydrogen-bond donors (Lipinski definition) is 1. The summed E-state index contributed by atoms with van der Waals surface area (Å²) in [5.41, 5.74) is 0.480. The summed E-state index contributed by atoms with van der Waals surface area (Å²) in [7, 11) is 0. The Labute approximate surface area is 106 Å². The zero-order valence-corrected chi connectivity index (χ0v) is 11.4. The Morgan fingerprint density at radius 2 is 1.94 bits per heavy atom. The van der Waals surface area contributed by atoms with Gasteiger partial charge in [-0.25, -0.2) is 0 Å². The van der Waals surface area contributed by atoms with E-state index in [-0.39, 0.29) is 0 Å². The third kappa shape index (κ3) is 2.39. The van der Waals surface area contributed by atoms with Gasteiger partial charge in [0.15, 0.2) is 0 Å². The lowest BCUT2D eigenvalue weighted by atomic mass is 9.91. The summed E-state index contributed by atoms with van der Waals surface area (Å²) in [4.78, 5) is 2.78. The molecule has 2 nitrogen and oxygen atoms in total. The predicted octanol–water partition coefficient (Wildman–Crippen LogP) is 2.64. The van der Waals surface area contributed by atoms with E-state index < -0.39 is 0 Å². The third-order valence-electron chi connectivity index (χ3n) is 5.39. The van der Waals surface area contributed by atoms with Gasteiger partial charge in [-0.1, -0.05) is 19.8 Å². The molecule has 98 valence electrons. The standard InChI is InChI=1S/C15H28N2/c1-2-7-15(8-4-9-16-15)12-17-10-13-5-3-6-14(13)11-17/h13-14,16H,2-12H2,1H3. The van der Waals surface area contributed by atoms with Gasteiger partial charge in [-0.15, -0.1) is 0 Å². The van der Waals surface area contributed by atoms with Crippen molar-refractivity contribution in [3.63, 3.8) is 0 Å². The van der Waals surface area contributed by atoms with Gasteiger partial charge in [0.1, 0.15) is 0 Å². The lowest BCUT2D eigenvalue weighted by molar-refractivity contribution is 0.202. The topological polar surface area (TPSA) is 15.3 Å². The molecule has 3 aliphatic rings. The molecule has 2 heteroatoms. The molecule has 0 aromatic carbocycles. The van der Waals surface area contributed by atoms with Gasteiger partial charge in [-0.05, 0) is 50.5 Å². The molecule has 2 aliphatic heterocycles. The Morgan fingerprint density at radius 3 is 2.53 bits per heavy atom. The van der Waals surface area contributed by atoms with Gasteiger partial charge in [0.2, 0.25) is 0 Å². The van der Waals surface area contributed by atoms with E-state index in [2.05, 4.69) is 17.1 Å². The highest BCUT2D eigenvalue weighted by Gasteiger charge is 2.40. The van der Waals surface area contributed by atoms with Crippen LogP contribution in [0.4, 0.5) is 0 Å². The van der Waals surface area contributed by atoms with E-state index in [9.17, 15) is 0 Å². The van der Waals surface area contributed by atoms with Gasteiger partial charge in [0.25, 0.3) is 0 Å². The summed E-state index contributed by atoms with van der Waals surface area (Å²) < 4.78 is 0. The van der Waals surface area contributed by atoms with Crippen LogP contribution >= 0.6 is 0 Å². The molecular formula is C15H28N2. The van der Waals surface area contributed by atoms with Crippen LogP contribution in [0.1, 0.15) is 51.9 Å². The average Bonchev–Trinajstić information content (AvgIpc) is 2.94. The lowest BCUT2D eigenvalue weighted by Crippen LogP contribution is -2.49. The first-order valence-corrected chi connectivity index (χ1v) is 7.79. The number of fused-ring (bicyclic) bond motifs is 1. The van der Waals surface area contributed by atoms with Gasteiger partial charge in [0.05, 0.1) is 0 Å². The van der Waals surface area contributed by atoms with Crippen molar-refractivity contribution in [1.29, 1.82) is 0 Å². The van der Waals surface area contributed by atoms with Crippen LogP contribution in [0.5, 0.6) is 0 Å². The second-order valence-corrected chi connectivity index (χ2v) is 6.71. The van der Waals surface area contributed by atoms with Crippen LogP contribution < -0.4 is 5.32 Å². The Hall–Kier alpha value is -0.0800. The van der Waals surface area contributed by atoms with Crippen LogP contribution in [-0.2, 0) is 0 Å². The summed E-state index contributed by atoms with van der Waals surface area (Å²) in [6, 6.07) is 0. The fourth-order valence-electron chi connectivity index (χ4n) is 4.66. The van der Waals surface area contributed by atoms with Gasteiger partial charge in [0, 0.05) is 25.2 Å². The van der Waals surface area contributed by atoms with Crippen LogP contribution in [0.25, 0.3) is 0 Å². The van der Waals surface area contributed by atoms with Crippen molar-refractivity contribution in [1.82, 2.24) is 10.2 Å². The van der Waals surface area contributed by atoms with E-state index in [0.29, 0.717) is 5.54 Å². The van der Waals surface area contributed by atoms with Crippen molar-refractivity contribution in [2.24, 2.45) is 11.8 Å². The molecular weight excluding hydrogens is 208 g/mol. The molecule has 1 saturated carbocycles. The fraction of sp³-hybridized carbons (Fsp3) is 1.00. The van der Waals surface area contributed by atoms with Gasteiger partial charge in [-0.3, -0.25) is 0 Å². The van der Waals surface area contributed by atoms with E-state index in [1.165, 1.54) is 71.1 Å². The monoisotopic (exact) mass is 236 g/mol. The molecule has 2 saturated heterocycles. The van der Waals surface area contributed by atoms with E-state index in [4.69, 9.17) is 0 Å². The quantitative estimate of drug-likeness (QED) is 0.807. The molecule has 2 heterocycles. The predicted molar refractivity (Wildman–Crippen MR) is 72.1 cm³/mol. The first-order valence-electron chi connectivity index (χ1n) is 7.79. The minimum Gasteiger partial charge on any atom is -0.310 e.